The summed E-state index contributed by atoms with van der Waals surface area (Å²) >= 11 is 0. The molecule has 0 radical (unpaired) electrons. The van der Waals surface area contributed by atoms with Gasteiger partial charge in [0.15, 0.2) is 0 Å². The summed E-state index contributed by atoms with van der Waals surface area (Å²) in [7, 11) is 1.80. The fourth-order valence-electron chi connectivity index (χ4n) is 6.92. The minimum absolute atomic E-state index is 0.0847. The number of carbonyl (C=O) groups excluding carboxylic acids is 1. The Morgan fingerprint density at radius 2 is 1.93 bits per heavy atom. The van der Waals surface area contributed by atoms with Crippen LogP contribution < -0.4 is 4.90 Å². The summed E-state index contributed by atoms with van der Waals surface area (Å²) in [6.45, 7) is 0.784. The molecule has 2 aliphatic carbocycles. The van der Waals surface area contributed by atoms with Gasteiger partial charge < -0.3 is 14.6 Å². The van der Waals surface area contributed by atoms with Crippen LogP contribution in [-0.2, 0) is 31.7 Å². The van der Waals surface area contributed by atoms with E-state index in [9.17, 15) is 32.3 Å². The molecular formula is C30H31F4N5O3. The number of amides is 2. The Labute approximate surface area is 239 Å². The molecule has 3 aromatic rings. The van der Waals surface area contributed by atoms with E-state index in [1.165, 1.54) is 15.9 Å². The molecule has 1 N–H and O–H groups in total. The van der Waals surface area contributed by atoms with Crippen LogP contribution in [0.15, 0.2) is 42.7 Å². The van der Waals surface area contributed by atoms with Crippen LogP contribution in [-0.4, -0.2) is 49.0 Å². The van der Waals surface area contributed by atoms with Crippen molar-refractivity contribution in [2.45, 2.75) is 69.2 Å². The molecule has 0 atom stereocenters. The predicted molar refractivity (Wildman–Crippen MR) is 145 cm³/mol. The average molecular weight is 586 g/mol. The third-order valence-electron chi connectivity index (χ3n) is 9.40. The Bertz CT molecular complexity index is 1560. The van der Waals surface area contributed by atoms with Gasteiger partial charge in [0, 0.05) is 30.4 Å². The highest BCUT2D eigenvalue weighted by Crippen LogP contribution is 2.52. The van der Waals surface area contributed by atoms with Crippen LogP contribution in [0.4, 0.5) is 28.0 Å². The lowest BCUT2D eigenvalue weighted by Gasteiger charge is -2.46. The topological polar surface area (TPSA) is 91.6 Å². The summed E-state index contributed by atoms with van der Waals surface area (Å²) in [6, 6.07) is 9.40. The first-order chi connectivity index (χ1) is 19.9. The maximum atomic E-state index is 14.3. The smallest absolute Gasteiger partial charge is 0.416 e. The number of hydrogen-bond acceptors (Lipinski definition) is 4. The van der Waals surface area contributed by atoms with Crippen LogP contribution >= 0.6 is 0 Å². The molecule has 2 fully saturated rings. The molecule has 0 saturated heterocycles. The van der Waals surface area contributed by atoms with Crippen molar-refractivity contribution < 1.29 is 32.3 Å². The van der Waals surface area contributed by atoms with Crippen LogP contribution in [0.2, 0.25) is 0 Å². The number of aromatic nitrogens is 3. The third kappa shape index (κ3) is 4.42. The molecule has 2 aromatic carbocycles. The van der Waals surface area contributed by atoms with Crippen LogP contribution in [0, 0.1) is 5.92 Å². The molecule has 12 heteroatoms. The molecule has 3 aliphatic rings. The van der Waals surface area contributed by atoms with Crippen molar-refractivity contribution in [3.8, 4) is 0 Å². The van der Waals surface area contributed by atoms with Gasteiger partial charge in [0.1, 0.15) is 12.2 Å². The largest absolute Gasteiger partial charge is 0.465 e. The van der Waals surface area contributed by atoms with E-state index in [0.717, 1.165) is 18.1 Å². The Balaban J connectivity index is 1.36. The second-order valence-electron chi connectivity index (χ2n) is 12.1. The zero-order valence-electron chi connectivity index (χ0n) is 23.3. The van der Waals surface area contributed by atoms with E-state index in [-0.39, 0.29) is 35.7 Å². The number of fused-ring (bicyclic) bond motifs is 1. The quantitative estimate of drug-likeness (QED) is 0.339. The lowest BCUT2D eigenvalue weighted by Crippen LogP contribution is -2.53. The number of halogens is 4. The van der Waals surface area contributed by atoms with Crippen LogP contribution in [0.3, 0.4) is 0 Å². The lowest BCUT2D eigenvalue weighted by molar-refractivity contribution is -0.138. The molecule has 0 spiro atoms. The normalized spacial score (nSPS) is 22.9. The molecule has 0 bridgehead atoms. The van der Waals surface area contributed by atoms with Gasteiger partial charge in [-0.15, -0.1) is 10.2 Å². The van der Waals surface area contributed by atoms with Gasteiger partial charge in [0.25, 0.3) is 5.91 Å². The van der Waals surface area contributed by atoms with E-state index in [1.54, 1.807) is 43.1 Å². The Kier molecular flexibility index (Phi) is 6.58. The van der Waals surface area contributed by atoms with Crippen molar-refractivity contribution in [1.82, 2.24) is 19.7 Å². The number of carboxylic acid groups (broad SMARTS) is 1. The second kappa shape index (κ2) is 9.81. The van der Waals surface area contributed by atoms with Crippen LogP contribution in [0.5, 0.6) is 0 Å². The van der Waals surface area contributed by atoms with Gasteiger partial charge in [0.05, 0.1) is 24.2 Å². The van der Waals surface area contributed by atoms with Crippen molar-refractivity contribution in [2.75, 3.05) is 11.6 Å². The first kappa shape index (κ1) is 28.2. The Hall–Kier alpha value is -3.96. The van der Waals surface area contributed by atoms with Crippen molar-refractivity contribution in [1.29, 1.82) is 0 Å². The Morgan fingerprint density at radius 1 is 1.19 bits per heavy atom. The lowest BCUT2D eigenvalue weighted by atomic mass is 9.58. The van der Waals surface area contributed by atoms with Gasteiger partial charge in [-0.25, -0.2) is 4.79 Å². The van der Waals surface area contributed by atoms with E-state index in [4.69, 9.17) is 0 Å². The number of hydrogen-bond donors (Lipinski definition) is 1. The SMILES string of the molecule is Cn1cnnc1C1(c2cccc(N3Cc4c(cc(CN(C(=O)O)C5(C)CCC5)cc4C(F)(F)F)C3=O)c2)CC(CF)C1. The number of carbonyl (C=O) groups is 2. The summed E-state index contributed by atoms with van der Waals surface area (Å²) in [5, 5.41) is 18.1. The first-order valence-electron chi connectivity index (χ1n) is 13.9. The molecule has 2 amide bonds. The summed E-state index contributed by atoms with van der Waals surface area (Å²) in [6.07, 6.45) is -1.30. The molecule has 1 aromatic heterocycles. The van der Waals surface area contributed by atoms with Gasteiger partial charge in [-0.05, 0) is 85.9 Å². The Morgan fingerprint density at radius 3 is 2.50 bits per heavy atom. The molecule has 42 heavy (non-hydrogen) atoms. The number of alkyl halides is 4. The average Bonchev–Trinajstić information content (AvgIpc) is 3.48. The number of nitrogens with zero attached hydrogens (tertiary/aromatic N) is 5. The van der Waals surface area contributed by atoms with Crippen molar-refractivity contribution >= 4 is 17.7 Å². The van der Waals surface area contributed by atoms with E-state index in [1.807, 2.05) is 6.07 Å². The number of benzene rings is 2. The van der Waals surface area contributed by atoms with Gasteiger partial charge in [0.2, 0.25) is 0 Å². The fourth-order valence-corrected chi connectivity index (χ4v) is 6.92. The number of aryl methyl sites for hydroxylation is 1. The van der Waals surface area contributed by atoms with Gasteiger partial charge in [-0.3, -0.25) is 14.1 Å². The van der Waals surface area contributed by atoms with E-state index in [0.29, 0.717) is 37.2 Å². The number of rotatable bonds is 7. The van der Waals surface area contributed by atoms with E-state index < -0.39 is 41.4 Å². The molecule has 2 heterocycles. The molecule has 0 unspecified atom stereocenters. The maximum absolute atomic E-state index is 14.3. The monoisotopic (exact) mass is 585 g/mol. The number of anilines is 1. The summed E-state index contributed by atoms with van der Waals surface area (Å²) in [4.78, 5) is 28.2. The summed E-state index contributed by atoms with van der Waals surface area (Å²) < 4.78 is 58.3. The first-order valence-corrected chi connectivity index (χ1v) is 13.9. The standard InChI is InChI=1S/C30H31F4N5O3/c1-28(7-4-8-28)39(27(41)42)15-18-9-22-23(24(10-18)30(32,33)34)16-38(25(22)40)21-6-3-5-20(11-21)29(12-19(13-29)14-31)26-36-35-17-37(26)2/h3,5-6,9-11,17,19H,4,7-8,12-16H2,1-2H3,(H,41,42). The second-order valence-corrected chi connectivity index (χ2v) is 12.1. The fraction of sp³-hybridized carbons (Fsp3) is 0.467. The summed E-state index contributed by atoms with van der Waals surface area (Å²) in [5.74, 6) is -0.0786. The molecule has 6 rings (SSSR count). The van der Waals surface area contributed by atoms with Gasteiger partial charge >= 0.3 is 12.3 Å². The highest BCUT2D eigenvalue weighted by Gasteiger charge is 2.50. The van der Waals surface area contributed by atoms with E-state index >= 15 is 0 Å². The van der Waals surface area contributed by atoms with Gasteiger partial charge in [-0.1, -0.05) is 12.1 Å². The van der Waals surface area contributed by atoms with Crippen LogP contribution in [0.25, 0.3) is 0 Å². The zero-order chi connectivity index (χ0) is 30.0. The third-order valence-corrected chi connectivity index (χ3v) is 9.40. The molecular weight excluding hydrogens is 554 g/mol. The molecule has 1 aliphatic heterocycles. The molecule has 8 nitrogen and oxygen atoms in total. The maximum Gasteiger partial charge on any atom is 0.416 e. The minimum Gasteiger partial charge on any atom is -0.465 e. The van der Waals surface area contributed by atoms with Crippen LogP contribution in [0.1, 0.15) is 77.5 Å². The zero-order valence-corrected chi connectivity index (χ0v) is 23.3. The van der Waals surface area contributed by atoms with Crippen molar-refractivity contribution in [3.63, 3.8) is 0 Å². The highest BCUT2D eigenvalue weighted by atomic mass is 19.4. The van der Waals surface area contributed by atoms with Crippen molar-refractivity contribution in [2.24, 2.45) is 13.0 Å². The van der Waals surface area contributed by atoms with Gasteiger partial charge in [-0.2, -0.15) is 13.2 Å². The van der Waals surface area contributed by atoms with E-state index in [2.05, 4.69) is 10.2 Å². The molecule has 222 valence electrons. The predicted octanol–water partition coefficient (Wildman–Crippen LogP) is 6.08. The summed E-state index contributed by atoms with van der Waals surface area (Å²) in [5.41, 5.74) is -1.12. The molecule has 2 saturated carbocycles. The van der Waals surface area contributed by atoms with Crippen molar-refractivity contribution in [3.05, 3.63) is 76.4 Å². The highest BCUT2D eigenvalue weighted by molar-refractivity contribution is 6.10. The minimum atomic E-state index is -4.74.